The van der Waals surface area contributed by atoms with Gasteiger partial charge in [0.25, 0.3) is 0 Å². The first kappa shape index (κ1) is 16.7. The second kappa shape index (κ2) is 6.37. The van der Waals surface area contributed by atoms with E-state index < -0.39 is 10.1 Å². The number of aryl methyl sites for hydroxylation is 2. The Morgan fingerprint density at radius 2 is 1.63 bits per heavy atom. The summed E-state index contributed by atoms with van der Waals surface area (Å²) >= 11 is 0. The van der Waals surface area contributed by atoms with Crippen molar-refractivity contribution in [3.8, 4) is 0 Å². The van der Waals surface area contributed by atoms with Gasteiger partial charge >= 0.3 is 29.6 Å². The van der Waals surface area contributed by atoms with Crippen molar-refractivity contribution in [3.05, 3.63) is 41.5 Å². The average molecular weight is 286 g/mol. The van der Waals surface area contributed by atoms with Crippen molar-refractivity contribution in [1.82, 2.24) is 0 Å². The fourth-order valence-corrected chi connectivity index (χ4v) is 3.21. The molecule has 2 aromatic carbocycles. The molecule has 96 valence electrons. The van der Waals surface area contributed by atoms with Gasteiger partial charge in [-0.25, -0.2) is 8.42 Å². The van der Waals surface area contributed by atoms with Crippen molar-refractivity contribution in [3.63, 3.8) is 0 Å². The molecular weight excluding hydrogens is 271 g/mol. The number of hydrogen-bond donors (Lipinski definition) is 0. The molecule has 2 aromatic rings. The van der Waals surface area contributed by atoms with Crippen LogP contribution in [0.1, 0.15) is 25.0 Å². The summed E-state index contributed by atoms with van der Waals surface area (Å²) in [6, 6.07) is 9.16. The van der Waals surface area contributed by atoms with Crippen molar-refractivity contribution in [2.24, 2.45) is 0 Å². The van der Waals surface area contributed by atoms with Gasteiger partial charge in [0.15, 0.2) is 0 Å². The van der Waals surface area contributed by atoms with E-state index in [4.69, 9.17) is 0 Å². The Morgan fingerprint density at radius 1 is 1.05 bits per heavy atom. The fourth-order valence-electron chi connectivity index (χ4n) is 2.36. The van der Waals surface area contributed by atoms with Crippen LogP contribution in [-0.4, -0.2) is 13.0 Å². The van der Waals surface area contributed by atoms with E-state index in [1.165, 1.54) is 6.07 Å². The van der Waals surface area contributed by atoms with Crippen LogP contribution in [0.3, 0.4) is 0 Å². The van der Waals surface area contributed by atoms with E-state index in [9.17, 15) is 13.0 Å². The molecule has 0 aliphatic heterocycles. The summed E-state index contributed by atoms with van der Waals surface area (Å²) in [6.45, 7) is 3.82. The first-order valence-electron chi connectivity index (χ1n) is 5.98. The molecule has 0 aromatic heterocycles. The third-order valence-corrected chi connectivity index (χ3v) is 4.11. The summed E-state index contributed by atoms with van der Waals surface area (Å²) in [7, 11) is -4.42. The van der Waals surface area contributed by atoms with Gasteiger partial charge in [0.1, 0.15) is 10.1 Å². The van der Waals surface area contributed by atoms with Crippen LogP contribution in [-0.2, 0) is 23.0 Å². The van der Waals surface area contributed by atoms with Gasteiger partial charge in [-0.1, -0.05) is 38.1 Å². The Morgan fingerprint density at radius 3 is 2.11 bits per heavy atom. The van der Waals surface area contributed by atoms with Crippen LogP contribution >= 0.6 is 0 Å². The number of rotatable bonds is 3. The van der Waals surface area contributed by atoms with E-state index >= 15 is 0 Å². The molecule has 0 bridgehead atoms. The van der Waals surface area contributed by atoms with Crippen molar-refractivity contribution in [2.45, 2.75) is 31.6 Å². The third-order valence-electron chi connectivity index (χ3n) is 3.20. The molecule has 0 fully saturated rings. The standard InChI is InChI=1S/C14H16O3S.Na/c1-3-10-9-14(18(15,16)17)11(4-2)13-8-6-5-7-12(10)13;/h5-9H,3-4H2,1-2H3,(H,15,16,17);/q;+1/p-1. The molecule has 0 atom stereocenters. The Hall–Kier alpha value is -0.390. The first-order chi connectivity index (χ1) is 8.49. The van der Waals surface area contributed by atoms with Crippen LogP contribution in [0.4, 0.5) is 0 Å². The topological polar surface area (TPSA) is 57.2 Å². The predicted octanol–water partition coefficient (Wildman–Crippen LogP) is -0.127. The molecule has 0 aliphatic carbocycles. The van der Waals surface area contributed by atoms with E-state index in [0.29, 0.717) is 18.4 Å². The van der Waals surface area contributed by atoms with Crippen LogP contribution in [0.5, 0.6) is 0 Å². The maximum Gasteiger partial charge on any atom is 1.00 e. The quantitative estimate of drug-likeness (QED) is 0.583. The maximum atomic E-state index is 11.4. The van der Waals surface area contributed by atoms with E-state index in [-0.39, 0.29) is 34.5 Å². The van der Waals surface area contributed by atoms with Gasteiger partial charge in [0.05, 0.1) is 4.90 Å². The maximum absolute atomic E-state index is 11.4. The zero-order chi connectivity index (χ0) is 13.3. The van der Waals surface area contributed by atoms with Crippen molar-refractivity contribution in [1.29, 1.82) is 0 Å². The van der Waals surface area contributed by atoms with Gasteiger partial charge in [-0.2, -0.15) is 0 Å². The van der Waals surface area contributed by atoms with Gasteiger partial charge < -0.3 is 4.55 Å². The van der Waals surface area contributed by atoms with Gasteiger partial charge in [0.2, 0.25) is 0 Å². The summed E-state index contributed by atoms with van der Waals surface area (Å²) < 4.78 is 34.1. The second-order valence-electron chi connectivity index (χ2n) is 4.22. The first-order valence-corrected chi connectivity index (χ1v) is 7.39. The number of fused-ring (bicyclic) bond motifs is 1. The Balaban J connectivity index is 0.00000180. The van der Waals surface area contributed by atoms with Gasteiger partial charge in [-0.15, -0.1) is 0 Å². The van der Waals surface area contributed by atoms with Crippen molar-refractivity contribution in [2.75, 3.05) is 0 Å². The molecule has 0 saturated carbocycles. The molecule has 0 radical (unpaired) electrons. The fraction of sp³-hybridized carbons (Fsp3) is 0.286. The second-order valence-corrected chi connectivity index (χ2v) is 5.57. The van der Waals surface area contributed by atoms with Crippen LogP contribution in [0.25, 0.3) is 10.8 Å². The molecule has 5 heteroatoms. The van der Waals surface area contributed by atoms with Gasteiger partial charge in [-0.05, 0) is 40.8 Å². The van der Waals surface area contributed by atoms with Gasteiger partial charge in [0, 0.05) is 0 Å². The van der Waals surface area contributed by atoms with Gasteiger partial charge in [-0.3, -0.25) is 0 Å². The molecule has 3 nitrogen and oxygen atoms in total. The molecule has 2 rings (SSSR count). The molecule has 0 N–H and O–H groups in total. The largest absolute Gasteiger partial charge is 1.00 e. The van der Waals surface area contributed by atoms with Crippen molar-refractivity contribution >= 4 is 20.9 Å². The van der Waals surface area contributed by atoms with Crippen LogP contribution < -0.4 is 29.6 Å². The Kier molecular flexibility index (Phi) is 5.59. The summed E-state index contributed by atoms with van der Waals surface area (Å²) in [6.07, 6.45) is 1.23. The monoisotopic (exact) mass is 286 g/mol. The molecule has 0 amide bonds. The summed E-state index contributed by atoms with van der Waals surface area (Å²) in [5.74, 6) is 0. The summed E-state index contributed by atoms with van der Waals surface area (Å²) in [5.41, 5.74) is 1.52. The average Bonchev–Trinajstić information content (AvgIpc) is 2.35. The molecule has 0 spiro atoms. The summed E-state index contributed by atoms with van der Waals surface area (Å²) in [4.78, 5) is -0.0689. The third kappa shape index (κ3) is 3.20. The normalized spacial score (nSPS) is 11.3. The van der Waals surface area contributed by atoms with Crippen LogP contribution in [0, 0.1) is 0 Å². The molecular formula is C14H15NaO3S. The number of benzene rings is 2. The Bertz CT molecular complexity index is 693. The van der Waals surface area contributed by atoms with Crippen LogP contribution in [0.15, 0.2) is 35.2 Å². The zero-order valence-corrected chi connectivity index (χ0v) is 14.3. The van der Waals surface area contributed by atoms with E-state index in [0.717, 1.165) is 16.3 Å². The smallest absolute Gasteiger partial charge is 0.744 e. The SMILES string of the molecule is CCc1cc(S(=O)(=O)[O-])c(CC)c2ccccc12.[Na+]. The minimum absolute atomic E-state index is 0. The minimum atomic E-state index is -4.42. The minimum Gasteiger partial charge on any atom is -0.744 e. The van der Waals surface area contributed by atoms with E-state index in [1.54, 1.807) is 0 Å². The zero-order valence-electron chi connectivity index (χ0n) is 11.4. The molecule has 0 saturated heterocycles. The molecule has 0 heterocycles. The Labute approximate surface area is 136 Å². The van der Waals surface area contributed by atoms with E-state index in [2.05, 4.69) is 0 Å². The number of hydrogen-bond acceptors (Lipinski definition) is 3. The molecule has 0 aliphatic rings. The molecule has 0 unspecified atom stereocenters. The van der Waals surface area contributed by atoms with E-state index in [1.807, 2.05) is 38.1 Å². The molecule has 19 heavy (non-hydrogen) atoms. The van der Waals surface area contributed by atoms with Crippen molar-refractivity contribution < 1.29 is 42.5 Å². The van der Waals surface area contributed by atoms with Crippen LogP contribution in [0.2, 0.25) is 0 Å². The summed E-state index contributed by atoms with van der Waals surface area (Å²) in [5, 5.41) is 1.90. The predicted molar refractivity (Wildman–Crippen MR) is 70.7 cm³/mol.